The van der Waals surface area contributed by atoms with Gasteiger partial charge in [0.2, 0.25) is 5.91 Å². The number of carbonyl (C=O) groups is 1. The van der Waals surface area contributed by atoms with Gasteiger partial charge in [0, 0.05) is 19.1 Å². The second-order valence-corrected chi connectivity index (χ2v) is 4.79. The van der Waals surface area contributed by atoms with Gasteiger partial charge in [0.25, 0.3) is 0 Å². The first kappa shape index (κ1) is 11.8. The van der Waals surface area contributed by atoms with Crippen molar-refractivity contribution in [1.29, 1.82) is 0 Å². The van der Waals surface area contributed by atoms with E-state index in [1.807, 2.05) is 11.8 Å². The van der Waals surface area contributed by atoms with Crippen molar-refractivity contribution >= 4 is 5.91 Å². The highest BCUT2D eigenvalue weighted by Crippen LogP contribution is 2.18. The summed E-state index contributed by atoms with van der Waals surface area (Å²) in [4.78, 5) is 13.7. The third kappa shape index (κ3) is 3.43. The smallest absolute Gasteiger partial charge is 0.234 e. The summed E-state index contributed by atoms with van der Waals surface area (Å²) in [6.07, 6.45) is 2.16. The molecule has 1 heterocycles. The first-order valence-electron chi connectivity index (χ1n) is 5.95. The highest BCUT2D eigenvalue weighted by Gasteiger charge is 2.28. The SMILES string of the molecule is CC1CN(CC(=O)NC2CC2)CC(CO)O1. The van der Waals surface area contributed by atoms with Gasteiger partial charge in [-0.15, -0.1) is 0 Å². The topological polar surface area (TPSA) is 61.8 Å². The summed E-state index contributed by atoms with van der Waals surface area (Å²) in [5.74, 6) is 0.0910. The molecule has 1 aliphatic carbocycles. The molecule has 1 aliphatic heterocycles. The fraction of sp³-hybridized carbons (Fsp3) is 0.909. The number of amides is 1. The van der Waals surface area contributed by atoms with E-state index >= 15 is 0 Å². The fourth-order valence-corrected chi connectivity index (χ4v) is 2.07. The molecule has 1 saturated carbocycles. The molecule has 1 saturated heterocycles. The van der Waals surface area contributed by atoms with Gasteiger partial charge in [0.05, 0.1) is 25.4 Å². The maximum atomic E-state index is 11.6. The normalized spacial score (nSPS) is 31.4. The molecule has 2 rings (SSSR count). The maximum absolute atomic E-state index is 11.6. The van der Waals surface area contributed by atoms with Gasteiger partial charge in [0.15, 0.2) is 0 Å². The van der Waals surface area contributed by atoms with Crippen LogP contribution < -0.4 is 5.32 Å². The molecule has 0 radical (unpaired) electrons. The van der Waals surface area contributed by atoms with E-state index in [1.165, 1.54) is 0 Å². The van der Waals surface area contributed by atoms with Crippen LogP contribution in [0.3, 0.4) is 0 Å². The molecule has 2 fully saturated rings. The van der Waals surface area contributed by atoms with Crippen LogP contribution in [-0.4, -0.2) is 60.4 Å². The Morgan fingerprint density at radius 1 is 1.50 bits per heavy atom. The Bertz CT molecular complexity index is 256. The van der Waals surface area contributed by atoms with Gasteiger partial charge in [0.1, 0.15) is 0 Å². The monoisotopic (exact) mass is 228 g/mol. The molecule has 92 valence electrons. The molecular formula is C11H20N2O3. The van der Waals surface area contributed by atoms with Gasteiger partial charge in [-0.3, -0.25) is 9.69 Å². The summed E-state index contributed by atoms with van der Waals surface area (Å²) < 4.78 is 5.52. The first-order valence-corrected chi connectivity index (χ1v) is 5.95. The van der Waals surface area contributed by atoms with Crippen LogP contribution in [0.4, 0.5) is 0 Å². The highest BCUT2D eigenvalue weighted by atomic mass is 16.5. The Kier molecular flexibility index (Phi) is 3.78. The third-order valence-corrected chi connectivity index (χ3v) is 2.92. The minimum absolute atomic E-state index is 0.0189. The average Bonchev–Trinajstić information content (AvgIpc) is 3.00. The summed E-state index contributed by atoms with van der Waals surface area (Å²) in [6.45, 7) is 3.80. The lowest BCUT2D eigenvalue weighted by Gasteiger charge is -2.35. The van der Waals surface area contributed by atoms with Crippen LogP contribution in [0.25, 0.3) is 0 Å². The number of hydrogen-bond donors (Lipinski definition) is 2. The molecule has 2 atom stereocenters. The predicted octanol–water partition coefficient (Wildman–Crippen LogP) is -0.653. The van der Waals surface area contributed by atoms with Gasteiger partial charge >= 0.3 is 0 Å². The van der Waals surface area contributed by atoms with Crippen molar-refractivity contribution in [3.05, 3.63) is 0 Å². The van der Waals surface area contributed by atoms with Crippen LogP contribution in [0.15, 0.2) is 0 Å². The summed E-state index contributed by atoms with van der Waals surface area (Å²) in [6, 6.07) is 0.416. The van der Waals surface area contributed by atoms with Crippen molar-refractivity contribution in [3.63, 3.8) is 0 Å². The number of aliphatic hydroxyl groups is 1. The summed E-state index contributed by atoms with van der Waals surface area (Å²) in [5, 5.41) is 12.0. The zero-order valence-electron chi connectivity index (χ0n) is 9.69. The van der Waals surface area contributed by atoms with E-state index in [2.05, 4.69) is 5.32 Å². The molecule has 1 amide bonds. The lowest BCUT2D eigenvalue weighted by molar-refractivity contribution is -0.128. The molecule has 0 bridgehead atoms. The predicted molar refractivity (Wildman–Crippen MR) is 59.0 cm³/mol. The van der Waals surface area contributed by atoms with Crippen molar-refractivity contribution in [2.75, 3.05) is 26.2 Å². The third-order valence-electron chi connectivity index (χ3n) is 2.92. The van der Waals surface area contributed by atoms with Crippen LogP contribution in [-0.2, 0) is 9.53 Å². The van der Waals surface area contributed by atoms with Crippen LogP contribution >= 0.6 is 0 Å². The van der Waals surface area contributed by atoms with E-state index in [-0.39, 0.29) is 24.7 Å². The first-order chi connectivity index (χ1) is 7.67. The molecule has 2 unspecified atom stereocenters. The standard InChI is InChI=1S/C11H20N2O3/c1-8-4-13(5-10(7-14)16-8)6-11(15)12-9-2-3-9/h8-10,14H,2-7H2,1H3,(H,12,15). The van der Waals surface area contributed by atoms with Gasteiger partial charge in [-0.2, -0.15) is 0 Å². The van der Waals surface area contributed by atoms with E-state index in [0.29, 0.717) is 19.1 Å². The number of aliphatic hydroxyl groups excluding tert-OH is 1. The zero-order valence-corrected chi connectivity index (χ0v) is 9.69. The van der Waals surface area contributed by atoms with Crippen molar-refractivity contribution < 1.29 is 14.6 Å². The Hall–Kier alpha value is -0.650. The number of morpholine rings is 1. The minimum Gasteiger partial charge on any atom is -0.394 e. The number of ether oxygens (including phenoxy) is 1. The Balaban J connectivity index is 1.76. The molecule has 0 aromatic rings. The minimum atomic E-state index is -0.155. The second kappa shape index (κ2) is 5.12. The molecule has 5 heteroatoms. The molecule has 5 nitrogen and oxygen atoms in total. The van der Waals surface area contributed by atoms with Crippen molar-refractivity contribution in [3.8, 4) is 0 Å². The number of carbonyl (C=O) groups excluding carboxylic acids is 1. The molecule has 2 aliphatic rings. The van der Waals surface area contributed by atoms with Crippen LogP contribution in [0.2, 0.25) is 0 Å². The van der Waals surface area contributed by atoms with Gasteiger partial charge in [-0.25, -0.2) is 0 Å². The molecular weight excluding hydrogens is 208 g/mol. The van der Waals surface area contributed by atoms with Crippen LogP contribution in [0.5, 0.6) is 0 Å². The van der Waals surface area contributed by atoms with E-state index < -0.39 is 0 Å². The second-order valence-electron chi connectivity index (χ2n) is 4.79. The fourth-order valence-electron chi connectivity index (χ4n) is 2.07. The number of nitrogens with zero attached hydrogens (tertiary/aromatic N) is 1. The molecule has 0 aromatic heterocycles. The van der Waals surface area contributed by atoms with Crippen molar-refractivity contribution in [2.45, 2.75) is 38.0 Å². The number of rotatable bonds is 4. The van der Waals surface area contributed by atoms with Gasteiger partial charge in [-0.1, -0.05) is 0 Å². The lowest BCUT2D eigenvalue weighted by Crippen LogP contribution is -2.51. The molecule has 16 heavy (non-hydrogen) atoms. The summed E-state index contributed by atoms with van der Waals surface area (Å²) in [7, 11) is 0. The summed E-state index contributed by atoms with van der Waals surface area (Å²) in [5.41, 5.74) is 0. The maximum Gasteiger partial charge on any atom is 0.234 e. The zero-order chi connectivity index (χ0) is 11.5. The summed E-state index contributed by atoms with van der Waals surface area (Å²) >= 11 is 0. The molecule has 2 N–H and O–H groups in total. The van der Waals surface area contributed by atoms with Crippen LogP contribution in [0.1, 0.15) is 19.8 Å². The van der Waals surface area contributed by atoms with Crippen LogP contribution in [0, 0.1) is 0 Å². The Morgan fingerprint density at radius 2 is 2.25 bits per heavy atom. The van der Waals surface area contributed by atoms with Crippen molar-refractivity contribution in [1.82, 2.24) is 10.2 Å². The lowest BCUT2D eigenvalue weighted by atomic mass is 10.2. The Morgan fingerprint density at radius 3 is 2.88 bits per heavy atom. The largest absolute Gasteiger partial charge is 0.394 e. The van der Waals surface area contributed by atoms with Gasteiger partial charge in [-0.05, 0) is 19.8 Å². The number of nitrogens with one attached hydrogen (secondary N) is 1. The highest BCUT2D eigenvalue weighted by molar-refractivity contribution is 5.78. The Labute approximate surface area is 95.8 Å². The van der Waals surface area contributed by atoms with Crippen molar-refractivity contribution in [2.24, 2.45) is 0 Å². The van der Waals surface area contributed by atoms with E-state index in [9.17, 15) is 4.79 Å². The molecule has 0 aromatic carbocycles. The quantitative estimate of drug-likeness (QED) is 0.671. The van der Waals surface area contributed by atoms with E-state index in [0.717, 1.165) is 19.4 Å². The van der Waals surface area contributed by atoms with E-state index in [4.69, 9.17) is 9.84 Å². The van der Waals surface area contributed by atoms with Gasteiger partial charge < -0.3 is 15.2 Å². The average molecular weight is 228 g/mol. The molecule has 0 spiro atoms. The number of hydrogen-bond acceptors (Lipinski definition) is 4. The van der Waals surface area contributed by atoms with E-state index in [1.54, 1.807) is 0 Å².